The SMILES string of the molecule is C[C@H](NC(=O)CN)C(=O)N[C@@]1(C(=O)O)C[C@H](O)[C@H]2[CH][C@H]21. The highest BCUT2D eigenvalue weighted by atomic mass is 16.4. The van der Waals surface area contributed by atoms with Gasteiger partial charge in [0.25, 0.3) is 0 Å². The molecule has 0 aromatic rings. The van der Waals surface area contributed by atoms with Crippen LogP contribution in [0.3, 0.4) is 0 Å². The van der Waals surface area contributed by atoms with Crippen molar-refractivity contribution >= 4 is 17.8 Å². The minimum atomic E-state index is -1.48. The molecular formula is C12H18N3O5. The maximum atomic E-state index is 12.0. The lowest BCUT2D eigenvalue weighted by atomic mass is 9.92. The summed E-state index contributed by atoms with van der Waals surface area (Å²) in [6.45, 7) is 1.19. The van der Waals surface area contributed by atoms with E-state index in [0.717, 1.165) is 0 Å². The first kappa shape index (κ1) is 14.7. The van der Waals surface area contributed by atoms with Crippen LogP contribution >= 0.6 is 0 Å². The van der Waals surface area contributed by atoms with Gasteiger partial charge in [0.05, 0.1) is 12.6 Å². The molecule has 0 spiro atoms. The summed E-state index contributed by atoms with van der Waals surface area (Å²) in [5.74, 6) is -2.83. The molecule has 0 unspecified atom stereocenters. The van der Waals surface area contributed by atoms with Crippen molar-refractivity contribution in [2.75, 3.05) is 6.54 Å². The summed E-state index contributed by atoms with van der Waals surface area (Å²) < 4.78 is 0. The van der Waals surface area contributed by atoms with E-state index in [9.17, 15) is 24.6 Å². The molecule has 2 amide bonds. The number of fused-ring (bicyclic) bond motifs is 1. The quantitative estimate of drug-likeness (QED) is 0.381. The summed E-state index contributed by atoms with van der Waals surface area (Å²) in [5, 5.41) is 23.9. The van der Waals surface area contributed by atoms with Crippen LogP contribution in [0.15, 0.2) is 0 Å². The van der Waals surface area contributed by atoms with E-state index in [1.165, 1.54) is 6.92 Å². The van der Waals surface area contributed by atoms with Crippen LogP contribution in [0, 0.1) is 18.3 Å². The Bertz CT molecular complexity index is 454. The van der Waals surface area contributed by atoms with Gasteiger partial charge in [0.15, 0.2) is 0 Å². The number of hydrogen-bond donors (Lipinski definition) is 5. The van der Waals surface area contributed by atoms with Gasteiger partial charge in [-0.25, -0.2) is 4.79 Å². The highest BCUT2D eigenvalue weighted by Crippen LogP contribution is 2.56. The Morgan fingerprint density at radius 1 is 1.50 bits per heavy atom. The van der Waals surface area contributed by atoms with Crippen molar-refractivity contribution < 1.29 is 24.6 Å². The van der Waals surface area contributed by atoms with Gasteiger partial charge in [0.2, 0.25) is 11.8 Å². The zero-order valence-corrected chi connectivity index (χ0v) is 11.0. The normalized spacial score (nSPS) is 35.9. The molecular weight excluding hydrogens is 266 g/mol. The molecule has 2 aliphatic rings. The van der Waals surface area contributed by atoms with Gasteiger partial charge < -0.3 is 26.6 Å². The number of aliphatic hydroxyl groups excluding tert-OH is 1. The van der Waals surface area contributed by atoms with Gasteiger partial charge in [-0.2, -0.15) is 0 Å². The minimum absolute atomic E-state index is 0.0303. The largest absolute Gasteiger partial charge is 0.479 e. The van der Waals surface area contributed by atoms with Crippen LogP contribution in [0.5, 0.6) is 0 Å². The third-order valence-electron chi connectivity index (χ3n) is 3.93. The highest BCUT2D eigenvalue weighted by molar-refractivity contribution is 5.93. The molecule has 1 radical (unpaired) electrons. The van der Waals surface area contributed by atoms with Crippen LogP contribution in [0.1, 0.15) is 13.3 Å². The van der Waals surface area contributed by atoms with Crippen molar-refractivity contribution in [2.45, 2.75) is 31.0 Å². The number of aliphatic carboxylic acids is 1. The number of carbonyl (C=O) groups excluding carboxylic acids is 2. The van der Waals surface area contributed by atoms with Crippen LogP contribution in [0.4, 0.5) is 0 Å². The Morgan fingerprint density at radius 3 is 2.55 bits per heavy atom. The molecule has 2 fully saturated rings. The Balaban J connectivity index is 2.05. The Labute approximate surface area is 115 Å². The van der Waals surface area contributed by atoms with Crippen molar-refractivity contribution in [3.05, 3.63) is 6.42 Å². The van der Waals surface area contributed by atoms with E-state index < -0.39 is 35.5 Å². The molecule has 8 heteroatoms. The number of nitrogens with two attached hydrogens (primary N) is 1. The standard InChI is InChI=1S/C12H18N3O5/c1-5(14-9(17)4-13)10(18)15-12(11(19)20)3-8(16)6-2-7(6)12/h2,5-8,16H,3-4,13H2,1H3,(H,14,17)(H,15,18)(H,19,20)/t5-,6-,7+,8-,12-/m0/s1. The minimum Gasteiger partial charge on any atom is -0.479 e. The maximum Gasteiger partial charge on any atom is 0.329 e. The molecule has 8 nitrogen and oxygen atoms in total. The van der Waals surface area contributed by atoms with E-state index >= 15 is 0 Å². The molecule has 0 aromatic heterocycles. The topological polar surface area (TPSA) is 142 Å². The molecule has 2 aliphatic carbocycles. The molecule has 0 aromatic carbocycles. The predicted octanol–water partition coefficient (Wildman–Crippen LogP) is -2.40. The number of rotatable bonds is 5. The van der Waals surface area contributed by atoms with Gasteiger partial charge >= 0.3 is 5.97 Å². The summed E-state index contributed by atoms with van der Waals surface area (Å²) in [7, 11) is 0. The number of carbonyl (C=O) groups is 3. The van der Waals surface area contributed by atoms with Gasteiger partial charge in [-0.15, -0.1) is 0 Å². The molecule has 2 rings (SSSR count). The Morgan fingerprint density at radius 2 is 2.15 bits per heavy atom. The van der Waals surface area contributed by atoms with Crippen LogP contribution in [0.2, 0.25) is 0 Å². The second kappa shape index (κ2) is 5.02. The van der Waals surface area contributed by atoms with E-state index in [1.807, 2.05) is 0 Å². The summed E-state index contributed by atoms with van der Waals surface area (Å²) in [5.41, 5.74) is 3.65. The Hall–Kier alpha value is -1.67. The third-order valence-corrected chi connectivity index (χ3v) is 3.93. The van der Waals surface area contributed by atoms with Crippen molar-refractivity contribution in [1.82, 2.24) is 10.6 Å². The van der Waals surface area contributed by atoms with E-state index in [-0.39, 0.29) is 24.8 Å². The first-order chi connectivity index (χ1) is 9.31. The predicted molar refractivity (Wildman–Crippen MR) is 67.1 cm³/mol. The monoisotopic (exact) mass is 284 g/mol. The number of carboxylic acid groups (broad SMARTS) is 1. The second-order valence-electron chi connectivity index (χ2n) is 5.33. The average molecular weight is 284 g/mol. The van der Waals surface area contributed by atoms with E-state index in [4.69, 9.17) is 5.73 Å². The fourth-order valence-corrected chi connectivity index (χ4v) is 2.75. The van der Waals surface area contributed by atoms with Crippen LogP contribution in [0.25, 0.3) is 0 Å². The number of carboxylic acids is 1. The highest BCUT2D eigenvalue weighted by Gasteiger charge is 2.67. The van der Waals surface area contributed by atoms with Gasteiger partial charge in [0, 0.05) is 12.3 Å². The fourth-order valence-electron chi connectivity index (χ4n) is 2.75. The number of hydrogen-bond acceptors (Lipinski definition) is 5. The Kier molecular flexibility index (Phi) is 3.70. The summed E-state index contributed by atoms with van der Waals surface area (Å²) in [6.07, 6.45) is 0.925. The van der Waals surface area contributed by atoms with Gasteiger partial charge in [-0.1, -0.05) is 0 Å². The maximum absolute atomic E-state index is 12.0. The lowest BCUT2D eigenvalue weighted by molar-refractivity contribution is -0.149. The first-order valence-electron chi connectivity index (χ1n) is 6.39. The fraction of sp³-hybridized carbons (Fsp3) is 0.667. The van der Waals surface area contributed by atoms with E-state index in [0.29, 0.717) is 0 Å². The molecule has 5 atom stereocenters. The zero-order valence-electron chi connectivity index (χ0n) is 11.0. The second-order valence-corrected chi connectivity index (χ2v) is 5.33. The molecule has 0 aliphatic heterocycles. The molecule has 6 N–H and O–H groups in total. The van der Waals surface area contributed by atoms with E-state index in [2.05, 4.69) is 10.6 Å². The van der Waals surface area contributed by atoms with E-state index in [1.54, 1.807) is 6.42 Å². The molecule has 20 heavy (non-hydrogen) atoms. The molecule has 0 saturated heterocycles. The summed E-state index contributed by atoms with van der Waals surface area (Å²) >= 11 is 0. The third kappa shape index (κ3) is 2.36. The van der Waals surface area contributed by atoms with Crippen molar-refractivity contribution in [3.63, 3.8) is 0 Å². The molecule has 0 heterocycles. The van der Waals surface area contributed by atoms with Crippen molar-refractivity contribution in [1.29, 1.82) is 0 Å². The van der Waals surface area contributed by atoms with Crippen LogP contribution in [-0.2, 0) is 14.4 Å². The molecule has 2 saturated carbocycles. The van der Waals surface area contributed by atoms with Gasteiger partial charge in [-0.3, -0.25) is 9.59 Å². The first-order valence-corrected chi connectivity index (χ1v) is 6.39. The average Bonchev–Trinajstić information content (AvgIpc) is 3.12. The van der Waals surface area contributed by atoms with Crippen LogP contribution < -0.4 is 16.4 Å². The van der Waals surface area contributed by atoms with Gasteiger partial charge in [0.1, 0.15) is 11.6 Å². The van der Waals surface area contributed by atoms with Crippen molar-refractivity contribution in [2.24, 2.45) is 17.6 Å². The number of amides is 2. The zero-order chi connectivity index (χ0) is 15.1. The van der Waals surface area contributed by atoms with Gasteiger partial charge in [-0.05, 0) is 19.3 Å². The molecule has 0 bridgehead atoms. The number of aliphatic hydroxyl groups is 1. The smallest absolute Gasteiger partial charge is 0.329 e. The summed E-state index contributed by atoms with van der Waals surface area (Å²) in [4.78, 5) is 34.6. The lowest BCUT2D eigenvalue weighted by Gasteiger charge is -2.29. The van der Waals surface area contributed by atoms with Crippen LogP contribution in [-0.4, -0.2) is 52.2 Å². The number of nitrogens with one attached hydrogen (secondary N) is 2. The van der Waals surface area contributed by atoms with Crippen molar-refractivity contribution in [3.8, 4) is 0 Å². The molecule has 111 valence electrons. The summed E-state index contributed by atoms with van der Waals surface area (Å²) in [6, 6.07) is -0.891. The lowest BCUT2D eigenvalue weighted by Crippen LogP contribution is -2.60.